The third-order valence-corrected chi connectivity index (χ3v) is 3.83. The van der Waals surface area contributed by atoms with Crippen LogP contribution in [0.1, 0.15) is 21.8 Å². The van der Waals surface area contributed by atoms with Gasteiger partial charge >= 0.3 is 12.2 Å². The lowest BCUT2D eigenvalue weighted by molar-refractivity contribution is -0.138. The number of ether oxygens (including phenoxy) is 1. The van der Waals surface area contributed by atoms with E-state index in [-0.39, 0.29) is 23.0 Å². The van der Waals surface area contributed by atoms with Gasteiger partial charge < -0.3 is 10.1 Å². The Balaban J connectivity index is 2.00. The van der Waals surface area contributed by atoms with Gasteiger partial charge in [-0.15, -0.1) is 10.2 Å². The number of urea groups is 1. The van der Waals surface area contributed by atoms with Crippen molar-refractivity contribution in [3.8, 4) is 5.88 Å². The predicted octanol–water partition coefficient (Wildman–Crippen LogP) is 2.90. The Bertz CT molecular complexity index is 748. The average molecular weight is 361 g/mol. The average Bonchev–Trinajstić information content (AvgIpc) is 2.94. The monoisotopic (exact) mass is 361 g/mol. The molecule has 0 aliphatic carbocycles. The van der Waals surface area contributed by atoms with Crippen LogP contribution in [0.5, 0.6) is 5.88 Å². The molecule has 2 heterocycles. The van der Waals surface area contributed by atoms with Crippen LogP contribution in [0.2, 0.25) is 0 Å². The van der Waals surface area contributed by atoms with Crippen molar-refractivity contribution in [2.24, 2.45) is 0 Å². The maximum absolute atomic E-state index is 12.4. The third-order valence-electron chi connectivity index (χ3n) is 2.94. The van der Waals surface area contributed by atoms with Gasteiger partial charge in [0, 0.05) is 11.3 Å². The van der Waals surface area contributed by atoms with Crippen LogP contribution in [0, 0.1) is 13.8 Å². The fraction of sp³-hybridized carbons (Fsp3) is 0.385. The highest BCUT2D eigenvalue weighted by molar-refractivity contribution is 7.15. The number of carbonyl (C=O) groups is 1. The molecule has 0 atom stereocenters. The number of nitrogens with one attached hydrogen (secondary N) is 2. The van der Waals surface area contributed by atoms with E-state index in [2.05, 4.69) is 25.8 Å². The van der Waals surface area contributed by atoms with Crippen LogP contribution in [0.15, 0.2) is 6.07 Å². The molecule has 0 bridgehead atoms. The van der Waals surface area contributed by atoms with Crippen LogP contribution in [-0.2, 0) is 12.7 Å². The zero-order valence-corrected chi connectivity index (χ0v) is 13.8. The van der Waals surface area contributed by atoms with Gasteiger partial charge in [-0.3, -0.25) is 5.32 Å². The molecule has 0 aliphatic rings. The Morgan fingerprint density at radius 1 is 1.33 bits per heavy atom. The highest BCUT2D eigenvalue weighted by Gasteiger charge is 2.35. The van der Waals surface area contributed by atoms with Crippen LogP contribution >= 0.6 is 11.3 Å². The van der Waals surface area contributed by atoms with Gasteiger partial charge in [-0.1, -0.05) is 11.3 Å². The minimum Gasteiger partial charge on any atom is -0.481 e. The van der Waals surface area contributed by atoms with Crippen LogP contribution in [0.25, 0.3) is 0 Å². The van der Waals surface area contributed by atoms with E-state index in [0.717, 1.165) is 11.3 Å². The van der Waals surface area contributed by atoms with Gasteiger partial charge in [-0.2, -0.15) is 13.2 Å². The fourth-order valence-corrected chi connectivity index (χ4v) is 2.52. The second kappa shape index (κ2) is 6.99. The molecule has 0 aromatic carbocycles. The molecule has 0 radical (unpaired) electrons. The van der Waals surface area contributed by atoms with E-state index >= 15 is 0 Å². The van der Waals surface area contributed by atoms with Crippen molar-refractivity contribution in [2.75, 3.05) is 12.4 Å². The van der Waals surface area contributed by atoms with Gasteiger partial charge in [-0.05, 0) is 25.5 Å². The van der Waals surface area contributed by atoms with Gasteiger partial charge in [0.1, 0.15) is 0 Å². The molecule has 0 aliphatic heterocycles. The molecular formula is C13H14F3N5O2S. The maximum atomic E-state index is 12.4. The summed E-state index contributed by atoms with van der Waals surface area (Å²) in [5.74, 6) is 0.378. The Kier molecular flexibility index (Phi) is 5.22. The lowest BCUT2D eigenvalue weighted by Gasteiger charge is -2.12. The Morgan fingerprint density at radius 2 is 2.04 bits per heavy atom. The topological polar surface area (TPSA) is 89.0 Å². The van der Waals surface area contributed by atoms with Crippen molar-refractivity contribution in [2.45, 2.75) is 26.6 Å². The summed E-state index contributed by atoms with van der Waals surface area (Å²) in [7, 11) is 1.46. The molecule has 2 aromatic rings. The number of nitrogens with zero attached hydrogens (tertiary/aromatic N) is 3. The molecule has 11 heteroatoms. The van der Waals surface area contributed by atoms with Gasteiger partial charge in [0.15, 0.2) is 0 Å². The van der Waals surface area contributed by atoms with E-state index in [1.54, 1.807) is 0 Å². The number of aromatic nitrogens is 3. The summed E-state index contributed by atoms with van der Waals surface area (Å²) in [6, 6.07) is 1.12. The number of carbonyl (C=O) groups excluding carboxylic acids is 1. The quantitative estimate of drug-likeness (QED) is 0.874. The molecule has 2 aromatic heterocycles. The summed E-state index contributed by atoms with van der Waals surface area (Å²) < 4.78 is 42.5. The molecule has 0 saturated heterocycles. The van der Waals surface area contributed by atoms with Gasteiger partial charge in [-0.25, -0.2) is 9.78 Å². The molecule has 130 valence electrons. The van der Waals surface area contributed by atoms with Crippen molar-refractivity contribution in [1.82, 2.24) is 20.5 Å². The smallest absolute Gasteiger partial charge is 0.445 e. The SMILES string of the molecule is COc1nc(C)cc(C)c1CNC(=O)Nc1nnc(C(F)(F)F)s1. The summed E-state index contributed by atoms with van der Waals surface area (Å²) in [5, 5.41) is 9.61. The number of hydrogen-bond acceptors (Lipinski definition) is 6. The maximum Gasteiger partial charge on any atom is 0.445 e. The molecule has 2 amide bonds. The van der Waals surface area contributed by atoms with Gasteiger partial charge in [0.2, 0.25) is 16.0 Å². The number of methoxy groups -OCH3 is 1. The Labute approximate surface area is 139 Å². The largest absolute Gasteiger partial charge is 0.481 e. The van der Waals surface area contributed by atoms with Crippen LogP contribution in [0.3, 0.4) is 0 Å². The first-order valence-electron chi connectivity index (χ1n) is 6.67. The lowest BCUT2D eigenvalue weighted by Crippen LogP contribution is -2.28. The number of pyridine rings is 1. The number of anilines is 1. The van der Waals surface area contributed by atoms with Crippen molar-refractivity contribution in [1.29, 1.82) is 0 Å². The van der Waals surface area contributed by atoms with Crippen LogP contribution in [-0.4, -0.2) is 28.3 Å². The molecule has 0 saturated carbocycles. The molecule has 2 rings (SSSR count). The minimum absolute atomic E-state index is 0.0963. The third kappa shape index (κ3) is 4.31. The number of hydrogen-bond donors (Lipinski definition) is 2. The predicted molar refractivity (Wildman–Crippen MR) is 81.0 cm³/mol. The minimum atomic E-state index is -4.59. The van der Waals surface area contributed by atoms with Crippen molar-refractivity contribution in [3.63, 3.8) is 0 Å². The van der Waals surface area contributed by atoms with E-state index in [4.69, 9.17) is 4.74 Å². The molecule has 0 spiro atoms. The summed E-state index contributed by atoms with van der Waals surface area (Å²) >= 11 is 0.246. The number of halogens is 3. The van der Waals surface area contributed by atoms with E-state index in [9.17, 15) is 18.0 Å². The van der Waals surface area contributed by atoms with E-state index in [1.165, 1.54) is 7.11 Å². The number of alkyl halides is 3. The number of aryl methyl sites for hydroxylation is 2. The molecule has 24 heavy (non-hydrogen) atoms. The molecular weight excluding hydrogens is 347 g/mol. The number of amides is 2. The van der Waals surface area contributed by atoms with E-state index < -0.39 is 17.2 Å². The zero-order chi connectivity index (χ0) is 17.9. The summed E-state index contributed by atoms with van der Waals surface area (Å²) in [4.78, 5) is 16.0. The van der Waals surface area contributed by atoms with E-state index in [1.807, 2.05) is 19.9 Å². The van der Waals surface area contributed by atoms with E-state index in [0.29, 0.717) is 11.4 Å². The second-order valence-electron chi connectivity index (χ2n) is 4.79. The second-order valence-corrected chi connectivity index (χ2v) is 5.76. The number of rotatable bonds is 4. The lowest BCUT2D eigenvalue weighted by atomic mass is 10.1. The van der Waals surface area contributed by atoms with Crippen molar-refractivity contribution in [3.05, 3.63) is 27.9 Å². The normalized spacial score (nSPS) is 11.2. The van der Waals surface area contributed by atoms with Crippen LogP contribution in [0.4, 0.5) is 23.1 Å². The highest BCUT2D eigenvalue weighted by Crippen LogP contribution is 2.32. The zero-order valence-electron chi connectivity index (χ0n) is 13.0. The summed E-state index contributed by atoms with van der Waals surface area (Å²) in [6.07, 6.45) is -4.59. The summed E-state index contributed by atoms with van der Waals surface area (Å²) in [5.41, 5.74) is 2.31. The van der Waals surface area contributed by atoms with Crippen molar-refractivity contribution < 1.29 is 22.7 Å². The molecule has 7 nitrogen and oxygen atoms in total. The highest BCUT2D eigenvalue weighted by atomic mass is 32.1. The molecule has 0 unspecified atom stereocenters. The summed E-state index contributed by atoms with van der Waals surface area (Å²) in [6.45, 7) is 3.75. The first-order chi connectivity index (χ1) is 11.2. The molecule has 2 N–H and O–H groups in total. The van der Waals surface area contributed by atoms with Gasteiger partial charge in [0.25, 0.3) is 0 Å². The first-order valence-corrected chi connectivity index (χ1v) is 7.49. The standard InChI is InChI=1S/C13H14F3N5O2S/c1-6-4-7(2)18-9(23-3)8(6)5-17-11(22)19-12-21-20-10(24-12)13(14,15)16/h4H,5H2,1-3H3,(H2,17,19,21,22). The molecule has 0 fully saturated rings. The fourth-order valence-electron chi connectivity index (χ4n) is 1.91. The van der Waals surface area contributed by atoms with Crippen molar-refractivity contribution >= 4 is 22.5 Å². The Morgan fingerprint density at radius 3 is 2.62 bits per heavy atom. The first kappa shape index (κ1) is 17.9. The Hall–Kier alpha value is -2.43. The van der Waals surface area contributed by atoms with Crippen LogP contribution < -0.4 is 15.4 Å². The van der Waals surface area contributed by atoms with Gasteiger partial charge in [0.05, 0.1) is 13.7 Å².